The second-order valence-electron chi connectivity index (χ2n) is 5.24. The highest BCUT2D eigenvalue weighted by molar-refractivity contribution is 7.92. The number of aromatic nitrogens is 1. The fraction of sp³-hybridized carbons (Fsp3) is 0.250. The number of amides is 1. The molecule has 0 aliphatic heterocycles. The number of nitrogens with one attached hydrogen (secondary N) is 3. The minimum absolute atomic E-state index is 0.0724. The largest absolute Gasteiger partial charge is 0.340 e. The number of sulfonamides is 1. The smallest absolute Gasteiger partial charge is 0.232 e. The van der Waals surface area contributed by atoms with Crippen LogP contribution in [-0.2, 0) is 14.8 Å². The van der Waals surface area contributed by atoms with E-state index in [2.05, 4.69) is 20.3 Å². The summed E-state index contributed by atoms with van der Waals surface area (Å²) < 4.78 is 25.9. The second kappa shape index (κ2) is 7.78. The van der Waals surface area contributed by atoms with Crippen molar-refractivity contribution in [2.45, 2.75) is 20.3 Å². The summed E-state index contributed by atoms with van der Waals surface area (Å²) >= 11 is 0. The summed E-state index contributed by atoms with van der Waals surface area (Å²) in [4.78, 5) is 15.3. The molecule has 128 valence electrons. The minimum atomic E-state index is -3.32. The summed E-state index contributed by atoms with van der Waals surface area (Å²) in [6.45, 7) is 3.25. The van der Waals surface area contributed by atoms with Gasteiger partial charge in [-0.2, -0.15) is 0 Å². The number of nitrogens with zero attached hydrogens (tertiary/aromatic N) is 1. The van der Waals surface area contributed by atoms with E-state index in [0.717, 1.165) is 5.69 Å². The van der Waals surface area contributed by atoms with Crippen LogP contribution < -0.4 is 15.4 Å². The van der Waals surface area contributed by atoms with E-state index in [1.165, 1.54) is 13.1 Å². The average Bonchev–Trinajstić information content (AvgIpc) is 2.48. The Morgan fingerprint density at radius 3 is 2.50 bits per heavy atom. The number of carbonyl (C=O) groups is 1. The Bertz CT molecular complexity index is 804. The Morgan fingerprint density at radius 1 is 1.12 bits per heavy atom. The Kier molecular flexibility index (Phi) is 5.75. The lowest BCUT2D eigenvalue weighted by molar-refractivity contribution is -0.114. The van der Waals surface area contributed by atoms with E-state index in [4.69, 9.17) is 0 Å². The first-order chi connectivity index (χ1) is 11.4. The van der Waals surface area contributed by atoms with Crippen LogP contribution in [0.15, 0.2) is 42.6 Å². The highest BCUT2D eigenvalue weighted by Gasteiger charge is 2.08. The molecule has 0 bridgehead atoms. The fourth-order valence-corrected chi connectivity index (χ4v) is 3.17. The predicted molar refractivity (Wildman–Crippen MR) is 96.0 cm³/mol. The molecule has 1 heterocycles. The van der Waals surface area contributed by atoms with Crippen LogP contribution in [0.1, 0.15) is 20.3 Å². The van der Waals surface area contributed by atoms with Gasteiger partial charge in [-0.25, -0.2) is 13.4 Å². The zero-order valence-electron chi connectivity index (χ0n) is 13.5. The van der Waals surface area contributed by atoms with Crippen LogP contribution in [0.3, 0.4) is 0 Å². The van der Waals surface area contributed by atoms with Gasteiger partial charge in [-0.1, -0.05) is 13.0 Å². The second-order valence-corrected chi connectivity index (χ2v) is 7.08. The van der Waals surface area contributed by atoms with Gasteiger partial charge in [0.1, 0.15) is 5.82 Å². The van der Waals surface area contributed by atoms with Crippen LogP contribution in [0.2, 0.25) is 0 Å². The molecule has 7 nitrogen and oxygen atoms in total. The average molecular weight is 348 g/mol. The van der Waals surface area contributed by atoms with Gasteiger partial charge in [0.05, 0.1) is 17.6 Å². The number of hydrogen-bond acceptors (Lipinski definition) is 5. The Labute approximate surface area is 141 Å². The number of hydrogen-bond donors (Lipinski definition) is 3. The van der Waals surface area contributed by atoms with E-state index in [1.807, 2.05) is 6.07 Å². The van der Waals surface area contributed by atoms with E-state index in [9.17, 15) is 13.2 Å². The summed E-state index contributed by atoms with van der Waals surface area (Å²) in [5.74, 6) is 0.491. The van der Waals surface area contributed by atoms with Crippen LogP contribution in [0.5, 0.6) is 0 Å². The van der Waals surface area contributed by atoms with Crippen molar-refractivity contribution in [1.82, 2.24) is 4.98 Å². The summed E-state index contributed by atoms with van der Waals surface area (Å²) in [5.41, 5.74) is 1.85. The quantitative estimate of drug-likeness (QED) is 0.714. The molecule has 0 atom stereocenters. The van der Waals surface area contributed by atoms with Crippen molar-refractivity contribution in [2.24, 2.45) is 0 Å². The monoisotopic (exact) mass is 348 g/mol. The number of rotatable bonds is 7. The maximum Gasteiger partial charge on any atom is 0.232 e. The van der Waals surface area contributed by atoms with E-state index in [-0.39, 0.29) is 11.7 Å². The maximum atomic E-state index is 11.7. The van der Waals surface area contributed by atoms with Gasteiger partial charge < -0.3 is 10.6 Å². The number of pyridine rings is 1. The molecule has 0 radical (unpaired) electrons. The molecule has 1 aromatic carbocycles. The summed E-state index contributed by atoms with van der Waals surface area (Å²) in [6.07, 6.45) is 2.00. The first kappa shape index (κ1) is 17.7. The fourth-order valence-electron chi connectivity index (χ4n) is 2.05. The number of benzene rings is 1. The lowest BCUT2D eigenvalue weighted by Crippen LogP contribution is -2.16. The van der Waals surface area contributed by atoms with Gasteiger partial charge in [-0.05, 0) is 36.8 Å². The molecule has 0 fully saturated rings. The van der Waals surface area contributed by atoms with Gasteiger partial charge in [-0.3, -0.25) is 9.52 Å². The molecule has 3 N–H and O–H groups in total. The molecule has 0 saturated carbocycles. The molecule has 1 aromatic heterocycles. The van der Waals surface area contributed by atoms with E-state index >= 15 is 0 Å². The molecule has 0 spiro atoms. The van der Waals surface area contributed by atoms with E-state index in [1.54, 1.807) is 37.3 Å². The lowest BCUT2D eigenvalue weighted by Gasteiger charge is -2.10. The summed E-state index contributed by atoms with van der Waals surface area (Å²) in [6, 6.07) is 10.5. The molecule has 1 amide bonds. The van der Waals surface area contributed by atoms with E-state index in [0.29, 0.717) is 23.6 Å². The normalized spacial score (nSPS) is 10.9. The molecule has 8 heteroatoms. The first-order valence-corrected chi connectivity index (χ1v) is 9.14. The van der Waals surface area contributed by atoms with Gasteiger partial charge >= 0.3 is 0 Å². The first-order valence-electron chi connectivity index (χ1n) is 7.49. The molecule has 0 unspecified atom stereocenters. The molecule has 2 rings (SSSR count). The van der Waals surface area contributed by atoms with Crippen molar-refractivity contribution in [2.75, 3.05) is 21.1 Å². The molecule has 0 aliphatic carbocycles. The maximum absolute atomic E-state index is 11.7. The van der Waals surface area contributed by atoms with Gasteiger partial charge in [-0.15, -0.1) is 0 Å². The van der Waals surface area contributed by atoms with Gasteiger partial charge in [0.25, 0.3) is 0 Å². The third kappa shape index (κ3) is 5.54. The Balaban J connectivity index is 2.05. The molecular formula is C16H20N4O3S. The zero-order valence-corrected chi connectivity index (χ0v) is 14.4. The Hall–Kier alpha value is -2.61. The van der Waals surface area contributed by atoms with Crippen LogP contribution in [-0.4, -0.2) is 25.1 Å². The molecule has 0 aliphatic rings. The number of carbonyl (C=O) groups excluding carboxylic acids is 1. The number of anilines is 4. The standard InChI is InChI=1S/C16H20N4O3S/c1-3-9-24(22,23)20-15-7-8-16(17-11-15)19-14-6-4-5-13(10-14)18-12(2)21/h4-8,10-11,20H,3,9H2,1-2H3,(H,17,19)(H,18,21). The Morgan fingerprint density at radius 2 is 1.88 bits per heavy atom. The van der Waals surface area contributed by atoms with Gasteiger partial charge in [0, 0.05) is 18.3 Å². The highest BCUT2D eigenvalue weighted by Crippen LogP contribution is 2.20. The van der Waals surface area contributed by atoms with Crippen LogP contribution in [0.25, 0.3) is 0 Å². The van der Waals surface area contributed by atoms with Crippen LogP contribution in [0, 0.1) is 0 Å². The van der Waals surface area contributed by atoms with Crippen LogP contribution in [0.4, 0.5) is 22.9 Å². The van der Waals surface area contributed by atoms with E-state index < -0.39 is 10.0 Å². The topological polar surface area (TPSA) is 100 Å². The van der Waals surface area contributed by atoms with Gasteiger partial charge in [0.2, 0.25) is 15.9 Å². The van der Waals surface area contributed by atoms with Crippen LogP contribution >= 0.6 is 0 Å². The summed E-state index contributed by atoms with van der Waals surface area (Å²) in [7, 11) is -3.32. The predicted octanol–water partition coefficient (Wildman–Crippen LogP) is 2.94. The van der Waals surface area contributed by atoms with Crippen molar-refractivity contribution < 1.29 is 13.2 Å². The van der Waals surface area contributed by atoms with Crippen molar-refractivity contribution >= 4 is 38.8 Å². The van der Waals surface area contributed by atoms with Crippen molar-refractivity contribution in [3.05, 3.63) is 42.6 Å². The minimum Gasteiger partial charge on any atom is -0.340 e. The summed E-state index contributed by atoms with van der Waals surface area (Å²) in [5, 5.41) is 5.79. The molecule has 24 heavy (non-hydrogen) atoms. The third-order valence-corrected chi connectivity index (χ3v) is 4.46. The highest BCUT2D eigenvalue weighted by atomic mass is 32.2. The van der Waals surface area contributed by atoms with Crippen molar-refractivity contribution in [3.63, 3.8) is 0 Å². The lowest BCUT2D eigenvalue weighted by atomic mass is 10.2. The molecule has 0 saturated heterocycles. The zero-order chi connectivity index (χ0) is 17.6. The third-order valence-electron chi connectivity index (χ3n) is 2.97. The van der Waals surface area contributed by atoms with Crippen molar-refractivity contribution in [3.8, 4) is 0 Å². The van der Waals surface area contributed by atoms with Crippen molar-refractivity contribution in [1.29, 1.82) is 0 Å². The SMILES string of the molecule is CCCS(=O)(=O)Nc1ccc(Nc2cccc(NC(C)=O)c2)nc1. The molecular weight excluding hydrogens is 328 g/mol. The van der Waals surface area contributed by atoms with Gasteiger partial charge in [0.15, 0.2) is 0 Å². The molecule has 2 aromatic rings.